The van der Waals surface area contributed by atoms with Crippen molar-refractivity contribution in [3.63, 3.8) is 0 Å². The van der Waals surface area contributed by atoms with Gasteiger partial charge in [0.15, 0.2) is 12.4 Å². The number of nitrogens with one attached hydrogen (secondary N) is 2. The van der Waals surface area contributed by atoms with Gasteiger partial charge in [0, 0.05) is 11.3 Å². The van der Waals surface area contributed by atoms with Crippen LogP contribution in [-0.2, 0) is 4.79 Å². The SMILES string of the molecule is Cc1ccc(NC(=O)c2ccc3c(c2)NC(=O)CO3)cc1-n1nnnc1C. The predicted molar refractivity (Wildman–Crippen MR) is 97.1 cm³/mol. The summed E-state index contributed by atoms with van der Waals surface area (Å²) in [6.07, 6.45) is 0. The molecular formula is C18H16N6O3. The van der Waals surface area contributed by atoms with Crippen molar-refractivity contribution in [1.29, 1.82) is 0 Å². The molecule has 136 valence electrons. The maximum absolute atomic E-state index is 12.6. The Bertz CT molecular complexity index is 1060. The molecule has 1 aromatic heterocycles. The van der Waals surface area contributed by atoms with Crippen molar-refractivity contribution >= 4 is 23.2 Å². The van der Waals surface area contributed by atoms with E-state index in [9.17, 15) is 9.59 Å². The number of hydrogen-bond donors (Lipinski definition) is 2. The quantitative estimate of drug-likeness (QED) is 0.734. The lowest BCUT2D eigenvalue weighted by molar-refractivity contribution is -0.118. The largest absolute Gasteiger partial charge is 0.482 e. The Hall–Kier alpha value is -3.75. The zero-order chi connectivity index (χ0) is 19.0. The average molecular weight is 364 g/mol. The van der Waals surface area contributed by atoms with Crippen LogP contribution in [0.2, 0.25) is 0 Å². The fraction of sp³-hybridized carbons (Fsp3) is 0.167. The number of fused-ring (bicyclic) bond motifs is 1. The smallest absolute Gasteiger partial charge is 0.262 e. The highest BCUT2D eigenvalue weighted by Crippen LogP contribution is 2.29. The number of ether oxygens (including phenoxy) is 1. The van der Waals surface area contributed by atoms with Crippen molar-refractivity contribution in [2.24, 2.45) is 0 Å². The zero-order valence-electron chi connectivity index (χ0n) is 14.7. The predicted octanol–water partition coefficient (Wildman–Crippen LogP) is 1.86. The molecule has 2 amide bonds. The summed E-state index contributed by atoms with van der Waals surface area (Å²) in [5, 5.41) is 17.1. The number of carbonyl (C=O) groups excluding carboxylic acids is 2. The Labute approximate surface area is 154 Å². The van der Waals surface area contributed by atoms with Crippen molar-refractivity contribution in [1.82, 2.24) is 20.2 Å². The summed E-state index contributed by atoms with van der Waals surface area (Å²) in [7, 11) is 0. The van der Waals surface area contributed by atoms with Crippen LogP contribution in [0.25, 0.3) is 5.69 Å². The van der Waals surface area contributed by atoms with Crippen molar-refractivity contribution < 1.29 is 14.3 Å². The number of anilines is 2. The fourth-order valence-electron chi connectivity index (χ4n) is 2.80. The first-order valence-corrected chi connectivity index (χ1v) is 8.25. The van der Waals surface area contributed by atoms with Gasteiger partial charge in [0.05, 0.1) is 11.4 Å². The molecule has 9 nitrogen and oxygen atoms in total. The van der Waals surface area contributed by atoms with Crippen LogP contribution in [0.4, 0.5) is 11.4 Å². The Kier molecular flexibility index (Phi) is 4.03. The number of tetrazole rings is 1. The third kappa shape index (κ3) is 3.22. The molecule has 9 heteroatoms. The second-order valence-corrected chi connectivity index (χ2v) is 6.14. The molecule has 1 aliphatic heterocycles. The summed E-state index contributed by atoms with van der Waals surface area (Å²) in [6.45, 7) is 3.71. The monoisotopic (exact) mass is 364 g/mol. The first-order valence-electron chi connectivity index (χ1n) is 8.25. The van der Waals surface area contributed by atoms with Crippen molar-refractivity contribution in [2.75, 3.05) is 17.2 Å². The Morgan fingerprint density at radius 2 is 2.07 bits per heavy atom. The number of hydrogen-bond acceptors (Lipinski definition) is 6. The number of nitrogens with zero attached hydrogens (tertiary/aromatic N) is 4. The lowest BCUT2D eigenvalue weighted by Crippen LogP contribution is -2.25. The second-order valence-electron chi connectivity index (χ2n) is 6.14. The van der Waals surface area contributed by atoms with Crippen LogP contribution >= 0.6 is 0 Å². The van der Waals surface area contributed by atoms with E-state index in [0.29, 0.717) is 28.5 Å². The molecule has 0 saturated carbocycles. The number of benzene rings is 2. The minimum atomic E-state index is -0.305. The molecule has 2 aromatic carbocycles. The molecule has 0 bridgehead atoms. The van der Waals surface area contributed by atoms with Crippen molar-refractivity contribution in [3.05, 3.63) is 53.3 Å². The van der Waals surface area contributed by atoms with Crippen LogP contribution in [0.3, 0.4) is 0 Å². The molecule has 0 radical (unpaired) electrons. The van der Waals surface area contributed by atoms with Gasteiger partial charge in [0.2, 0.25) is 0 Å². The normalized spacial score (nSPS) is 12.7. The fourth-order valence-corrected chi connectivity index (χ4v) is 2.80. The molecule has 0 atom stereocenters. The van der Waals surface area contributed by atoms with Gasteiger partial charge in [0.1, 0.15) is 5.75 Å². The number of amides is 2. The summed E-state index contributed by atoms with van der Waals surface area (Å²) < 4.78 is 6.91. The van der Waals surface area contributed by atoms with E-state index in [-0.39, 0.29) is 18.4 Å². The minimum Gasteiger partial charge on any atom is -0.482 e. The molecular weight excluding hydrogens is 348 g/mol. The molecule has 0 fully saturated rings. The van der Waals surface area contributed by atoms with E-state index in [2.05, 4.69) is 26.2 Å². The van der Waals surface area contributed by atoms with Gasteiger partial charge < -0.3 is 15.4 Å². The number of rotatable bonds is 3. The topological polar surface area (TPSA) is 111 Å². The summed E-state index contributed by atoms with van der Waals surface area (Å²) in [5.41, 5.74) is 3.24. The van der Waals surface area contributed by atoms with E-state index in [4.69, 9.17) is 4.74 Å². The Morgan fingerprint density at radius 1 is 1.22 bits per heavy atom. The van der Waals surface area contributed by atoms with Crippen molar-refractivity contribution in [3.8, 4) is 11.4 Å². The van der Waals surface area contributed by atoms with Crippen LogP contribution in [0.5, 0.6) is 5.75 Å². The van der Waals surface area contributed by atoms with Crippen molar-refractivity contribution in [2.45, 2.75) is 13.8 Å². The van der Waals surface area contributed by atoms with Gasteiger partial charge in [-0.2, -0.15) is 4.68 Å². The minimum absolute atomic E-state index is 0.0265. The van der Waals surface area contributed by atoms with Gasteiger partial charge in [-0.25, -0.2) is 0 Å². The van der Waals surface area contributed by atoms with Crippen LogP contribution < -0.4 is 15.4 Å². The van der Waals surface area contributed by atoms with Crippen LogP contribution in [-0.4, -0.2) is 38.6 Å². The van der Waals surface area contributed by atoms with Crippen LogP contribution in [0.1, 0.15) is 21.7 Å². The number of aryl methyl sites for hydroxylation is 2. The summed E-state index contributed by atoms with van der Waals surface area (Å²) >= 11 is 0. The lowest BCUT2D eigenvalue weighted by atomic mass is 10.1. The van der Waals surface area contributed by atoms with Gasteiger partial charge in [-0.1, -0.05) is 6.07 Å². The molecule has 0 aliphatic carbocycles. The lowest BCUT2D eigenvalue weighted by Gasteiger charge is -2.18. The Balaban J connectivity index is 1.59. The number of carbonyl (C=O) groups is 2. The highest BCUT2D eigenvalue weighted by molar-refractivity contribution is 6.06. The molecule has 0 unspecified atom stereocenters. The summed E-state index contributed by atoms with van der Waals surface area (Å²) in [6, 6.07) is 10.4. The second kappa shape index (κ2) is 6.52. The maximum atomic E-state index is 12.6. The molecule has 3 aromatic rings. The van der Waals surface area contributed by atoms with Gasteiger partial charge >= 0.3 is 0 Å². The molecule has 0 spiro atoms. The highest BCUT2D eigenvalue weighted by Gasteiger charge is 2.18. The standard InChI is InChI=1S/C18H16N6O3/c1-10-3-5-13(8-15(10)24-11(2)21-22-23-24)19-18(26)12-4-6-16-14(7-12)20-17(25)9-27-16/h3-8H,9H2,1-2H3,(H,19,26)(H,20,25). The van der Waals surface area contributed by atoms with Crippen LogP contribution in [0, 0.1) is 13.8 Å². The molecule has 0 saturated heterocycles. The van der Waals surface area contributed by atoms with Crippen LogP contribution in [0.15, 0.2) is 36.4 Å². The summed E-state index contributed by atoms with van der Waals surface area (Å²) in [4.78, 5) is 24.1. The van der Waals surface area contributed by atoms with Gasteiger partial charge in [-0.15, -0.1) is 5.10 Å². The Morgan fingerprint density at radius 3 is 2.85 bits per heavy atom. The van der Waals surface area contributed by atoms with Gasteiger partial charge in [0.25, 0.3) is 11.8 Å². The zero-order valence-corrected chi connectivity index (χ0v) is 14.7. The maximum Gasteiger partial charge on any atom is 0.262 e. The van der Waals surface area contributed by atoms with E-state index in [1.54, 1.807) is 41.9 Å². The molecule has 1 aliphatic rings. The first kappa shape index (κ1) is 16.7. The van der Waals surface area contributed by atoms with E-state index >= 15 is 0 Å². The van der Waals surface area contributed by atoms with E-state index in [1.807, 2.05) is 13.0 Å². The first-order chi connectivity index (χ1) is 13.0. The van der Waals surface area contributed by atoms with E-state index in [0.717, 1.165) is 11.3 Å². The molecule has 27 heavy (non-hydrogen) atoms. The van der Waals surface area contributed by atoms with E-state index in [1.165, 1.54) is 0 Å². The summed E-state index contributed by atoms with van der Waals surface area (Å²) in [5.74, 6) is 0.630. The number of aromatic nitrogens is 4. The molecule has 2 N–H and O–H groups in total. The highest BCUT2D eigenvalue weighted by atomic mass is 16.5. The third-order valence-corrected chi connectivity index (χ3v) is 4.20. The molecule has 4 rings (SSSR count). The van der Waals surface area contributed by atoms with Gasteiger partial charge in [-0.05, 0) is 60.2 Å². The van der Waals surface area contributed by atoms with E-state index < -0.39 is 0 Å². The average Bonchev–Trinajstić information content (AvgIpc) is 3.08. The van der Waals surface area contributed by atoms with Gasteiger partial charge in [-0.3, -0.25) is 9.59 Å². The molecule has 2 heterocycles. The third-order valence-electron chi connectivity index (χ3n) is 4.20.